The van der Waals surface area contributed by atoms with E-state index in [2.05, 4.69) is 34.9 Å². The lowest BCUT2D eigenvalue weighted by Gasteiger charge is -2.24. The highest BCUT2D eigenvalue weighted by Gasteiger charge is 2.27. The normalized spacial score (nSPS) is 23.7. The third-order valence-electron chi connectivity index (χ3n) is 3.62. The van der Waals surface area contributed by atoms with Crippen LogP contribution in [-0.4, -0.2) is 37.7 Å². The summed E-state index contributed by atoms with van der Waals surface area (Å²) >= 11 is 0. The van der Waals surface area contributed by atoms with Crippen LogP contribution >= 0.6 is 0 Å². The summed E-state index contributed by atoms with van der Waals surface area (Å²) in [5.41, 5.74) is 2.70. The van der Waals surface area contributed by atoms with E-state index in [1.807, 2.05) is 0 Å². The molecule has 4 nitrogen and oxygen atoms in total. The van der Waals surface area contributed by atoms with Crippen LogP contribution in [0.4, 0.5) is 0 Å². The first kappa shape index (κ1) is 11.7. The Morgan fingerprint density at radius 1 is 1.28 bits per heavy atom. The van der Waals surface area contributed by atoms with Crippen molar-refractivity contribution in [3.8, 4) is 0 Å². The molecule has 4 heteroatoms. The summed E-state index contributed by atoms with van der Waals surface area (Å²) in [6.07, 6.45) is 1.53. The molecule has 1 aromatic rings. The number of nitrogens with one attached hydrogen (secondary N) is 2. The zero-order valence-electron chi connectivity index (χ0n) is 10.3. The van der Waals surface area contributed by atoms with Crippen molar-refractivity contribution in [2.45, 2.75) is 25.0 Å². The average Bonchev–Trinajstić information content (AvgIpc) is 2.82. The first-order valence-corrected chi connectivity index (χ1v) is 6.52. The largest absolute Gasteiger partial charge is 0.366 e. The van der Waals surface area contributed by atoms with Gasteiger partial charge in [-0.1, -0.05) is 24.3 Å². The van der Waals surface area contributed by atoms with Gasteiger partial charge in [-0.15, -0.1) is 0 Å². The highest BCUT2D eigenvalue weighted by Crippen LogP contribution is 2.21. The van der Waals surface area contributed by atoms with Crippen LogP contribution < -0.4 is 10.6 Å². The molecule has 0 bridgehead atoms. The smallest absolute Gasteiger partial charge is 0.250 e. The van der Waals surface area contributed by atoms with Gasteiger partial charge in [0.15, 0.2) is 0 Å². The molecule has 3 rings (SSSR count). The molecule has 2 N–H and O–H groups in total. The fourth-order valence-electron chi connectivity index (χ4n) is 2.69. The number of morpholine rings is 1. The van der Waals surface area contributed by atoms with Gasteiger partial charge in [0.1, 0.15) is 6.10 Å². The highest BCUT2D eigenvalue weighted by atomic mass is 16.5. The van der Waals surface area contributed by atoms with Crippen molar-refractivity contribution in [2.75, 3.05) is 19.7 Å². The van der Waals surface area contributed by atoms with Crippen LogP contribution in [0.2, 0.25) is 0 Å². The van der Waals surface area contributed by atoms with Crippen molar-refractivity contribution < 1.29 is 9.53 Å². The second kappa shape index (κ2) is 5.08. The van der Waals surface area contributed by atoms with Crippen molar-refractivity contribution in [3.05, 3.63) is 35.4 Å². The van der Waals surface area contributed by atoms with E-state index >= 15 is 0 Å². The van der Waals surface area contributed by atoms with Crippen molar-refractivity contribution in [1.82, 2.24) is 10.6 Å². The van der Waals surface area contributed by atoms with Crippen molar-refractivity contribution in [1.29, 1.82) is 0 Å². The summed E-state index contributed by atoms with van der Waals surface area (Å²) < 4.78 is 5.45. The predicted octanol–water partition coefficient (Wildman–Crippen LogP) is 0.258. The van der Waals surface area contributed by atoms with Gasteiger partial charge in [-0.2, -0.15) is 0 Å². The molecule has 1 atom stereocenters. The zero-order chi connectivity index (χ0) is 12.4. The Kier molecular flexibility index (Phi) is 3.30. The number of carbonyl (C=O) groups is 1. The van der Waals surface area contributed by atoms with Gasteiger partial charge in [-0.05, 0) is 24.0 Å². The first-order chi connectivity index (χ1) is 8.83. The molecular weight excluding hydrogens is 228 g/mol. The minimum absolute atomic E-state index is 0.0139. The second-order valence-corrected chi connectivity index (χ2v) is 4.95. The van der Waals surface area contributed by atoms with Crippen molar-refractivity contribution in [2.24, 2.45) is 0 Å². The molecule has 2 aliphatic rings. The molecule has 0 radical (unpaired) electrons. The van der Waals surface area contributed by atoms with Gasteiger partial charge < -0.3 is 15.4 Å². The van der Waals surface area contributed by atoms with E-state index in [1.165, 1.54) is 11.1 Å². The highest BCUT2D eigenvalue weighted by molar-refractivity contribution is 5.81. The van der Waals surface area contributed by atoms with E-state index in [0.29, 0.717) is 13.2 Å². The number of rotatable bonds is 2. The Labute approximate surface area is 107 Å². The van der Waals surface area contributed by atoms with Gasteiger partial charge in [0.25, 0.3) is 5.91 Å². The van der Waals surface area contributed by atoms with Crippen molar-refractivity contribution in [3.63, 3.8) is 0 Å². The van der Waals surface area contributed by atoms with Crippen LogP contribution in [0.1, 0.15) is 11.1 Å². The topological polar surface area (TPSA) is 50.4 Å². The van der Waals surface area contributed by atoms with Crippen LogP contribution in [0.15, 0.2) is 24.3 Å². The van der Waals surface area contributed by atoms with E-state index in [9.17, 15) is 4.79 Å². The quantitative estimate of drug-likeness (QED) is 0.787. The Balaban J connectivity index is 1.57. The molecule has 18 heavy (non-hydrogen) atoms. The Hall–Kier alpha value is -1.39. The lowest BCUT2D eigenvalue weighted by Crippen LogP contribution is -2.50. The van der Waals surface area contributed by atoms with E-state index in [0.717, 1.165) is 19.4 Å². The molecule has 0 unspecified atom stereocenters. The molecule has 1 fully saturated rings. The van der Waals surface area contributed by atoms with Crippen molar-refractivity contribution >= 4 is 5.91 Å². The molecule has 0 spiro atoms. The monoisotopic (exact) mass is 246 g/mol. The molecular formula is C14H18N2O2. The number of hydrogen-bond donors (Lipinski definition) is 2. The number of hydrogen-bond acceptors (Lipinski definition) is 3. The lowest BCUT2D eigenvalue weighted by atomic mass is 10.1. The molecule has 1 aromatic carbocycles. The first-order valence-electron chi connectivity index (χ1n) is 6.52. The SMILES string of the molecule is O=C(NC1Cc2ccccc2C1)[C@H]1CNCCO1. The fourth-order valence-corrected chi connectivity index (χ4v) is 2.69. The summed E-state index contributed by atoms with van der Waals surface area (Å²) in [4.78, 5) is 12.0. The van der Waals surface area contributed by atoms with Gasteiger partial charge in [0.2, 0.25) is 0 Å². The Morgan fingerprint density at radius 2 is 2.00 bits per heavy atom. The van der Waals surface area contributed by atoms with E-state index in [1.54, 1.807) is 0 Å². The molecule has 1 aliphatic carbocycles. The number of ether oxygens (including phenoxy) is 1. The van der Waals surface area contributed by atoms with Gasteiger partial charge in [-0.25, -0.2) is 0 Å². The Morgan fingerprint density at radius 3 is 2.61 bits per heavy atom. The number of benzene rings is 1. The third-order valence-corrected chi connectivity index (χ3v) is 3.62. The molecule has 96 valence electrons. The molecule has 1 heterocycles. The van der Waals surface area contributed by atoms with Crippen LogP contribution in [-0.2, 0) is 22.4 Å². The number of carbonyl (C=O) groups excluding carboxylic acids is 1. The van der Waals surface area contributed by atoms with Crippen LogP contribution in [0.3, 0.4) is 0 Å². The molecule has 0 aromatic heterocycles. The summed E-state index contributed by atoms with van der Waals surface area (Å²) in [6, 6.07) is 8.61. The van der Waals surface area contributed by atoms with E-state index in [-0.39, 0.29) is 18.1 Å². The summed E-state index contributed by atoms with van der Waals surface area (Å²) in [6.45, 7) is 2.06. The van der Waals surface area contributed by atoms with E-state index < -0.39 is 0 Å². The lowest BCUT2D eigenvalue weighted by molar-refractivity contribution is -0.134. The minimum Gasteiger partial charge on any atom is -0.366 e. The Bertz CT molecular complexity index is 416. The maximum atomic E-state index is 12.0. The summed E-state index contributed by atoms with van der Waals surface area (Å²) in [5.74, 6) is 0.0139. The van der Waals surface area contributed by atoms with E-state index in [4.69, 9.17) is 4.74 Å². The molecule has 1 saturated heterocycles. The zero-order valence-corrected chi connectivity index (χ0v) is 10.3. The van der Waals surface area contributed by atoms with Gasteiger partial charge >= 0.3 is 0 Å². The number of amides is 1. The maximum absolute atomic E-state index is 12.0. The van der Waals surface area contributed by atoms with Crippen LogP contribution in [0.25, 0.3) is 0 Å². The minimum atomic E-state index is -0.331. The maximum Gasteiger partial charge on any atom is 0.250 e. The van der Waals surface area contributed by atoms with Crippen LogP contribution in [0.5, 0.6) is 0 Å². The summed E-state index contributed by atoms with van der Waals surface area (Å²) in [5, 5.41) is 6.26. The predicted molar refractivity (Wildman–Crippen MR) is 68.4 cm³/mol. The average molecular weight is 246 g/mol. The molecule has 0 saturated carbocycles. The fraction of sp³-hybridized carbons (Fsp3) is 0.500. The molecule has 1 amide bonds. The standard InChI is InChI=1S/C14H18N2O2/c17-14(13-9-15-5-6-18-13)16-12-7-10-3-1-2-4-11(10)8-12/h1-4,12-13,15H,5-9H2,(H,16,17)/t13-/m1/s1. The second-order valence-electron chi connectivity index (χ2n) is 4.95. The van der Waals surface area contributed by atoms with Crippen LogP contribution in [0, 0.1) is 0 Å². The van der Waals surface area contributed by atoms with Gasteiger partial charge in [0, 0.05) is 19.1 Å². The third kappa shape index (κ3) is 2.40. The van der Waals surface area contributed by atoms with Gasteiger partial charge in [-0.3, -0.25) is 4.79 Å². The number of fused-ring (bicyclic) bond motifs is 1. The van der Waals surface area contributed by atoms with Gasteiger partial charge in [0.05, 0.1) is 6.61 Å². The summed E-state index contributed by atoms with van der Waals surface area (Å²) in [7, 11) is 0. The molecule has 1 aliphatic heterocycles.